The highest BCUT2D eigenvalue weighted by molar-refractivity contribution is 7.18. The smallest absolute Gasteiger partial charge is 0.296 e. The highest BCUT2D eigenvalue weighted by atomic mass is 32.1. The highest BCUT2D eigenvalue weighted by Crippen LogP contribution is 2.30. The number of Topliss-reactive ketones (excluding diaryl/α,β-unsaturated/α-hetero) is 1. The molecule has 0 saturated carbocycles. The predicted octanol–water partition coefficient (Wildman–Crippen LogP) is 3.05. The molecule has 0 radical (unpaired) electrons. The highest BCUT2D eigenvalue weighted by Gasteiger charge is 2.20. The van der Waals surface area contributed by atoms with Crippen molar-refractivity contribution in [3.05, 3.63) is 113 Å². The van der Waals surface area contributed by atoms with E-state index >= 15 is 0 Å². The van der Waals surface area contributed by atoms with Gasteiger partial charge in [-0.1, -0.05) is 72.1 Å². The van der Waals surface area contributed by atoms with Crippen LogP contribution in [0.1, 0.15) is 27.0 Å². The SMILES string of the molecule is Bc1ccsc1C(=O)Cn1c(=O)c2cc(CC)sc2n(Cc2ccc(-c3ccccc3-c3noc(=O)[nH]3)cc2)c1=O. The number of aromatic amines is 1. The van der Waals surface area contributed by atoms with E-state index in [0.29, 0.717) is 26.5 Å². The molecule has 0 saturated heterocycles. The number of carbonyl (C=O) groups is 1. The van der Waals surface area contributed by atoms with Crippen molar-refractivity contribution in [2.24, 2.45) is 0 Å². The maximum absolute atomic E-state index is 13.7. The fourth-order valence-corrected chi connectivity index (χ4v) is 6.77. The monoisotopic (exact) mass is 582 g/mol. The summed E-state index contributed by atoms with van der Waals surface area (Å²) in [6.45, 7) is 1.91. The van der Waals surface area contributed by atoms with Crippen molar-refractivity contribution < 1.29 is 9.32 Å². The molecule has 6 rings (SSSR count). The summed E-state index contributed by atoms with van der Waals surface area (Å²) >= 11 is 2.73. The minimum atomic E-state index is -0.629. The van der Waals surface area contributed by atoms with Gasteiger partial charge in [0.25, 0.3) is 5.56 Å². The van der Waals surface area contributed by atoms with Crippen LogP contribution in [0.25, 0.3) is 32.7 Å². The predicted molar refractivity (Wildman–Crippen MR) is 164 cm³/mol. The Kier molecular flexibility index (Phi) is 7.02. The summed E-state index contributed by atoms with van der Waals surface area (Å²) in [7, 11) is 1.84. The Labute approximate surface area is 241 Å². The van der Waals surface area contributed by atoms with Crippen molar-refractivity contribution >= 4 is 52.0 Å². The molecule has 0 fully saturated rings. The van der Waals surface area contributed by atoms with Gasteiger partial charge in [-0.2, -0.15) is 0 Å². The molecule has 4 aromatic heterocycles. The summed E-state index contributed by atoms with van der Waals surface area (Å²) in [5.41, 5.74) is 3.17. The molecule has 0 atom stereocenters. The van der Waals surface area contributed by atoms with Crippen LogP contribution in [-0.2, 0) is 19.5 Å². The average molecular weight is 582 g/mol. The van der Waals surface area contributed by atoms with Gasteiger partial charge in [0.05, 0.1) is 23.4 Å². The quantitative estimate of drug-likeness (QED) is 0.218. The molecule has 41 heavy (non-hydrogen) atoms. The maximum Gasteiger partial charge on any atom is 0.439 e. The Bertz CT molecular complexity index is 2100. The van der Waals surface area contributed by atoms with Gasteiger partial charge in [-0.05, 0) is 34.6 Å². The summed E-state index contributed by atoms with van der Waals surface area (Å²) in [6, 6.07) is 18.9. The normalized spacial score (nSPS) is 11.3. The summed E-state index contributed by atoms with van der Waals surface area (Å²) < 4.78 is 7.32. The number of benzene rings is 2. The van der Waals surface area contributed by atoms with E-state index in [4.69, 9.17) is 0 Å². The van der Waals surface area contributed by atoms with Gasteiger partial charge in [0, 0.05) is 10.4 Å². The van der Waals surface area contributed by atoms with E-state index in [9.17, 15) is 19.2 Å². The third-order valence-electron chi connectivity index (χ3n) is 6.94. The molecule has 1 N–H and O–H groups in total. The largest absolute Gasteiger partial charge is 0.439 e. The summed E-state index contributed by atoms with van der Waals surface area (Å²) in [5.74, 6) is -0.553. The molecule has 9 nitrogen and oxygen atoms in total. The first-order chi connectivity index (χ1) is 19.8. The number of ketones is 1. The van der Waals surface area contributed by atoms with Crippen LogP contribution >= 0.6 is 22.7 Å². The number of aromatic nitrogens is 4. The zero-order chi connectivity index (χ0) is 28.7. The summed E-state index contributed by atoms with van der Waals surface area (Å²) in [6.07, 6.45) is 0.727. The lowest BCUT2D eigenvalue weighted by Crippen LogP contribution is -2.41. The molecule has 0 bridgehead atoms. The van der Waals surface area contributed by atoms with E-state index in [0.717, 1.165) is 38.0 Å². The lowest BCUT2D eigenvalue weighted by molar-refractivity contribution is 0.0974. The van der Waals surface area contributed by atoms with Crippen LogP contribution in [0.3, 0.4) is 0 Å². The van der Waals surface area contributed by atoms with Crippen molar-refractivity contribution in [2.45, 2.75) is 26.4 Å². The first-order valence-corrected chi connectivity index (χ1v) is 14.6. The molecule has 6 aromatic rings. The first kappa shape index (κ1) is 26.7. The number of hydrogen-bond donors (Lipinski definition) is 1. The number of nitrogens with zero attached hydrogens (tertiary/aromatic N) is 3. The van der Waals surface area contributed by atoms with E-state index in [2.05, 4.69) is 14.7 Å². The van der Waals surface area contributed by atoms with Crippen molar-refractivity contribution in [3.63, 3.8) is 0 Å². The van der Waals surface area contributed by atoms with Gasteiger partial charge < -0.3 is 0 Å². The van der Waals surface area contributed by atoms with Crippen molar-refractivity contribution in [2.75, 3.05) is 0 Å². The second kappa shape index (κ2) is 10.8. The van der Waals surface area contributed by atoms with Crippen LogP contribution in [-0.4, -0.2) is 32.9 Å². The topological polar surface area (TPSA) is 120 Å². The fraction of sp³-hybridized carbons (Fsp3) is 0.138. The standard InChI is InChI=1S/C29H23BN4O5S2/c1-2-18-13-21-26(36)33(15-23(35)24-22(30)11-12-40-24)29(38)34(27(21)41-18)14-16-7-9-17(10-8-16)19-5-3-4-6-20(19)25-31-28(37)39-32-25/h3-13H,2,14-15,30H2,1H3,(H,31,32,37). The summed E-state index contributed by atoms with van der Waals surface area (Å²) in [4.78, 5) is 56.4. The third-order valence-corrected chi connectivity index (χ3v) is 9.30. The Hall–Kier alpha value is -4.55. The van der Waals surface area contributed by atoms with Crippen LogP contribution < -0.4 is 22.5 Å². The molecule has 0 spiro atoms. The van der Waals surface area contributed by atoms with Crippen molar-refractivity contribution in [1.82, 2.24) is 19.3 Å². The van der Waals surface area contributed by atoms with Crippen LogP contribution in [0.4, 0.5) is 0 Å². The molecule has 0 aliphatic rings. The second-order valence-electron chi connectivity index (χ2n) is 9.59. The number of aryl methyl sites for hydroxylation is 1. The van der Waals surface area contributed by atoms with E-state index < -0.39 is 17.0 Å². The Morgan fingerprint density at radius 1 is 1.02 bits per heavy atom. The van der Waals surface area contributed by atoms with Crippen LogP contribution in [0.5, 0.6) is 0 Å². The summed E-state index contributed by atoms with van der Waals surface area (Å²) in [5, 5.41) is 6.08. The van der Waals surface area contributed by atoms with Gasteiger partial charge in [0.1, 0.15) is 12.7 Å². The zero-order valence-electron chi connectivity index (χ0n) is 22.2. The van der Waals surface area contributed by atoms with Gasteiger partial charge in [0.15, 0.2) is 11.6 Å². The average Bonchev–Trinajstić information content (AvgIpc) is 3.73. The van der Waals surface area contributed by atoms with E-state index in [1.54, 1.807) is 4.57 Å². The molecule has 12 heteroatoms. The number of thiophene rings is 2. The zero-order valence-corrected chi connectivity index (χ0v) is 23.8. The number of hydrogen-bond acceptors (Lipinski definition) is 8. The van der Waals surface area contributed by atoms with Gasteiger partial charge in [-0.15, -0.1) is 22.7 Å². The van der Waals surface area contributed by atoms with Crippen molar-refractivity contribution in [3.8, 4) is 22.5 Å². The lowest BCUT2D eigenvalue weighted by Gasteiger charge is -2.13. The van der Waals surface area contributed by atoms with E-state index in [-0.39, 0.29) is 18.9 Å². The fourth-order valence-electron chi connectivity index (χ4n) is 4.84. The Morgan fingerprint density at radius 2 is 1.78 bits per heavy atom. The molecule has 0 unspecified atom stereocenters. The molecular formula is C29H23BN4O5S2. The van der Waals surface area contributed by atoms with Gasteiger partial charge >= 0.3 is 11.4 Å². The van der Waals surface area contributed by atoms with Crippen LogP contribution in [0.2, 0.25) is 0 Å². The molecule has 0 aliphatic heterocycles. The number of H-pyrrole nitrogens is 1. The van der Waals surface area contributed by atoms with E-state index in [1.165, 1.54) is 22.7 Å². The van der Waals surface area contributed by atoms with Crippen molar-refractivity contribution in [1.29, 1.82) is 0 Å². The molecule has 0 amide bonds. The minimum absolute atomic E-state index is 0.226. The first-order valence-electron chi connectivity index (χ1n) is 12.9. The second-order valence-corrected chi connectivity index (χ2v) is 11.6. The Balaban J connectivity index is 1.39. The maximum atomic E-state index is 13.7. The number of nitrogens with one attached hydrogen (secondary N) is 1. The lowest BCUT2D eigenvalue weighted by atomic mass is 9.96. The Morgan fingerprint density at radius 3 is 2.44 bits per heavy atom. The molecular weight excluding hydrogens is 559 g/mol. The molecule has 4 heterocycles. The van der Waals surface area contributed by atoms with Gasteiger partial charge in [-0.3, -0.25) is 28.2 Å². The molecule has 2 aromatic carbocycles. The van der Waals surface area contributed by atoms with Crippen LogP contribution in [0, 0.1) is 0 Å². The number of carbonyl (C=O) groups excluding carboxylic acids is 1. The van der Waals surface area contributed by atoms with Gasteiger partial charge in [0.2, 0.25) is 0 Å². The molecule has 204 valence electrons. The third kappa shape index (κ3) is 4.96. The van der Waals surface area contributed by atoms with Gasteiger partial charge in [-0.25, -0.2) is 9.59 Å². The molecule has 0 aliphatic carbocycles. The number of rotatable bonds is 8. The van der Waals surface area contributed by atoms with Crippen LogP contribution in [0.15, 0.2) is 85.0 Å². The van der Waals surface area contributed by atoms with E-state index in [1.807, 2.05) is 80.8 Å². The minimum Gasteiger partial charge on any atom is -0.296 e. The number of fused-ring (bicyclic) bond motifs is 1.